The molecular formula is C17H30N2O7. The first-order valence-electron chi connectivity index (χ1n) is 9.17. The standard InChI is InChI=1S/C17H30N2O7/c1-9(4-2-3-5-18)6-10(21)7-11-16(24)19-13-15(23)14(22)12(8-20)26-17(13)25-11/h9,11-15,17,20,22-23H,2-8,18H2,1H3,(H,19,24)/t9?,11-,12+,13+,14-,15+,17+/m0/s1. The Morgan fingerprint density at radius 1 is 1.27 bits per heavy atom. The zero-order valence-electron chi connectivity index (χ0n) is 15.0. The molecule has 150 valence electrons. The topological polar surface area (TPSA) is 151 Å². The van der Waals surface area contributed by atoms with Gasteiger partial charge in [0.2, 0.25) is 5.91 Å². The van der Waals surface area contributed by atoms with Crippen LogP contribution in [0.3, 0.4) is 0 Å². The lowest BCUT2D eigenvalue weighted by atomic mass is 9.93. The number of aliphatic hydroxyl groups excluding tert-OH is 3. The Morgan fingerprint density at radius 3 is 2.65 bits per heavy atom. The molecule has 2 heterocycles. The van der Waals surface area contributed by atoms with Gasteiger partial charge >= 0.3 is 0 Å². The number of rotatable bonds is 9. The molecule has 26 heavy (non-hydrogen) atoms. The number of ketones is 1. The molecule has 0 aromatic carbocycles. The number of ether oxygens (including phenoxy) is 2. The summed E-state index contributed by atoms with van der Waals surface area (Å²) in [5, 5.41) is 31.7. The van der Waals surface area contributed by atoms with Crippen molar-refractivity contribution in [3.63, 3.8) is 0 Å². The van der Waals surface area contributed by atoms with E-state index in [1.165, 1.54) is 0 Å². The van der Waals surface area contributed by atoms with Gasteiger partial charge in [0.05, 0.1) is 6.61 Å². The third kappa shape index (κ3) is 5.21. The van der Waals surface area contributed by atoms with E-state index in [0.717, 1.165) is 19.3 Å². The lowest BCUT2D eigenvalue weighted by Crippen LogP contribution is -2.69. The van der Waals surface area contributed by atoms with Crippen LogP contribution in [0.4, 0.5) is 0 Å². The van der Waals surface area contributed by atoms with Crippen LogP contribution < -0.4 is 11.1 Å². The molecule has 0 saturated carbocycles. The second-order valence-corrected chi connectivity index (χ2v) is 7.20. The highest BCUT2D eigenvalue weighted by Gasteiger charge is 2.50. The van der Waals surface area contributed by atoms with Gasteiger partial charge in [0.25, 0.3) is 0 Å². The summed E-state index contributed by atoms with van der Waals surface area (Å²) in [5.41, 5.74) is 5.46. The summed E-state index contributed by atoms with van der Waals surface area (Å²) in [6.45, 7) is 2.12. The van der Waals surface area contributed by atoms with Crippen LogP contribution in [0.1, 0.15) is 39.0 Å². The number of hydrogen-bond donors (Lipinski definition) is 5. The van der Waals surface area contributed by atoms with E-state index < -0.39 is 49.3 Å². The lowest BCUT2D eigenvalue weighted by Gasteiger charge is -2.46. The van der Waals surface area contributed by atoms with Crippen LogP contribution >= 0.6 is 0 Å². The first kappa shape index (κ1) is 21.2. The third-order valence-electron chi connectivity index (χ3n) is 4.92. The minimum atomic E-state index is -1.34. The van der Waals surface area contributed by atoms with Crippen LogP contribution in [-0.4, -0.2) is 76.9 Å². The largest absolute Gasteiger partial charge is 0.394 e. The molecular weight excluding hydrogens is 344 g/mol. The molecule has 0 spiro atoms. The number of carbonyl (C=O) groups is 2. The summed E-state index contributed by atoms with van der Waals surface area (Å²) >= 11 is 0. The van der Waals surface area contributed by atoms with Crippen molar-refractivity contribution in [2.24, 2.45) is 11.7 Å². The number of nitrogens with two attached hydrogens (primary N) is 1. The Hall–Kier alpha value is -1.10. The van der Waals surface area contributed by atoms with E-state index in [-0.39, 0.29) is 18.1 Å². The average Bonchev–Trinajstić information content (AvgIpc) is 2.59. The van der Waals surface area contributed by atoms with Crippen LogP contribution in [0, 0.1) is 5.92 Å². The van der Waals surface area contributed by atoms with Crippen molar-refractivity contribution in [3.05, 3.63) is 0 Å². The Morgan fingerprint density at radius 2 is 2.00 bits per heavy atom. The molecule has 1 amide bonds. The van der Waals surface area contributed by atoms with Crippen LogP contribution in [0.25, 0.3) is 0 Å². The lowest BCUT2D eigenvalue weighted by molar-refractivity contribution is -0.290. The summed E-state index contributed by atoms with van der Waals surface area (Å²) in [4.78, 5) is 24.4. The van der Waals surface area contributed by atoms with Gasteiger partial charge in [0, 0.05) is 12.8 Å². The minimum absolute atomic E-state index is 0.0813. The highest BCUT2D eigenvalue weighted by Crippen LogP contribution is 2.27. The maximum Gasteiger partial charge on any atom is 0.250 e. The second kappa shape index (κ2) is 9.72. The fraction of sp³-hybridized carbons (Fsp3) is 0.882. The van der Waals surface area contributed by atoms with Crippen LogP contribution in [0.5, 0.6) is 0 Å². The van der Waals surface area contributed by atoms with Crippen molar-refractivity contribution in [2.75, 3.05) is 13.2 Å². The van der Waals surface area contributed by atoms with E-state index in [0.29, 0.717) is 13.0 Å². The summed E-state index contributed by atoms with van der Waals surface area (Å²) in [5.74, 6) is -0.401. The molecule has 9 nitrogen and oxygen atoms in total. The van der Waals surface area contributed by atoms with Gasteiger partial charge in [-0.3, -0.25) is 9.59 Å². The molecule has 0 aliphatic carbocycles. The summed E-state index contributed by atoms with van der Waals surface area (Å²) < 4.78 is 11.0. The number of carbonyl (C=O) groups excluding carboxylic acids is 2. The molecule has 7 atom stereocenters. The third-order valence-corrected chi connectivity index (χ3v) is 4.92. The Labute approximate surface area is 152 Å². The second-order valence-electron chi connectivity index (χ2n) is 7.20. The predicted octanol–water partition coefficient (Wildman–Crippen LogP) is -1.58. The number of Topliss-reactive ketones (excluding diaryl/α,β-unsaturated/α-hetero) is 1. The minimum Gasteiger partial charge on any atom is -0.394 e. The molecule has 0 aromatic rings. The molecule has 1 unspecified atom stereocenters. The summed E-state index contributed by atoms with van der Waals surface area (Å²) in [6, 6.07) is -0.943. The normalized spacial score (nSPS) is 35.5. The van der Waals surface area contributed by atoms with Crippen molar-refractivity contribution >= 4 is 11.7 Å². The van der Waals surface area contributed by atoms with Gasteiger partial charge in [0.15, 0.2) is 6.29 Å². The highest BCUT2D eigenvalue weighted by atomic mass is 16.7. The van der Waals surface area contributed by atoms with Gasteiger partial charge in [-0.2, -0.15) is 0 Å². The number of morpholine rings is 1. The van der Waals surface area contributed by atoms with Gasteiger partial charge < -0.3 is 35.8 Å². The van der Waals surface area contributed by atoms with Crippen molar-refractivity contribution in [1.82, 2.24) is 5.32 Å². The Kier molecular flexibility index (Phi) is 7.93. The zero-order valence-corrected chi connectivity index (χ0v) is 15.0. The number of unbranched alkanes of at least 4 members (excludes halogenated alkanes) is 1. The van der Waals surface area contributed by atoms with Gasteiger partial charge in [0.1, 0.15) is 36.2 Å². The van der Waals surface area contributed by atoms with Gasteiger partial charge in [-0.25, -0.2) is 0 Å². The fourth-order valence-electron chi connectivity index (χ4n) is 3.39. The van der Waals surface area contributed by atoms with E-state index in [4.69, 9.17) is 15.2 Å². The zero-order chi connectivity index (χ0) is 19.3. The number of aliphatic hydroxyl groups is 3. The summed E-state index contributed by atoms with van der Waals surface area (Å²) in [6.07, 6.45) is -2.65. The Balaban J connectivity index is 1.87. The van der Waals surface area contributed by atoms with E-state index in [1.807, 2.05) is 6.92 Å². The Bertz CT molecular complexity index is 490. The molecule has 0 radical (unpaired) electrons. The SMILES string of the molecule is CC(CCCCN)CC(=O)C[C@@H]1O[C@@H]2O[C@H](CO)[C@H](O)[C@H](O)[C@H]2NC1=O. The van der Waals surface area contributed by atoms with E-state index >= 15 is 0 Å². The first-order valence-corrected chi connectivity index (χ1v) is 9.17. The van der Waals surface area contributed by atoms with Crippen molar-refractivity contribution in [1.29, 1.82) is 0 Å². The van der Waals surface area contributed by atoms with Crippen LogP contribution in [-0.2, 0) is 19.1 Å². The molecule has 9 heteroatoms. The fourth-order valence-corrected chi connectivity index (χ4v) is 3.39. The molecule has 2 saturated heterocycles. The molecule has 6 N–H and O–H groups in total. The van der Waals surface area contributed by atoms with Crippen LogP contribution in [0.2, 0.25) is 0 Å². The molecule has 0 bridgehead atoms. The molecule has 2 aliphatic heterocycles. The number of amides is 1. The van der Waals surface area contributed by atoms with E-state index in [2.05, 4.69) is 5.32 Å². The van der Waals surface area contributed by atoms with Crippen molar-refractivity contribution in [3.8, 4) is 0 Å². The molecule has 2 aliphatic rings. The van der Waals surface area contributed by atoms with Gasteiger partial charge in [-0.05, 0) is 18.9 Å². The van der Waals surface area contributed by atoms with Gasteiger partial charge in [-0.1, -0.05) is 19.8 Å². The number of fused-ring (bicyclic) bond motifs is 1. The molecule has 0 aromatic heterocycles. The number of nitrogens with one attached hydrogen (secondary N) is 1. The molecule has 2 fully saturated rings. The van der Waals surface area contributed by atoms with Gasteiger partial charge in [-0.15, -0.1) is 0 Å². The summed E-state index contributed by atoms with van der Waals surface area (Å²) in [7, 11) is 0. The average molecular weight is 374 g/mol. The maximum atomic E-state index is 12.2. The smallest absolute Gasteiger partial charge is 0.250 e. The van der Waals surface area contributed by atoms with Crippen LogP contribution in [0.15, 0.2) is 0 Å². The first-order chi connectivity index (χ1) is 12.4. The monoisotopic (exact) mass is 374 g/mol. The highest BCUT2D eigenvalue weighted by molar-refractivity contribution is 5.89. The van der Waals surface area contributed by atoms with E-state index in [1.54, 1.807) is 0 Å². The number of hydrogen-bond acceptors (Lipinski definition) is 8. The van der Waals surface area contributed by atoms with Crippen molar-refractivity contribution < 1.29 is 34.4 Å². The van der Waals surface area contributed by atoms with E-state index in [9.17, 15) is 24.9 Å². The quantitative estimate of drug-likeness (QED) is 0.303. The molecule has 2 rings (SSSR count). The van der Waals surface area contributed by atoms with Crippen molar-refractivity contribution in [2.45, 2.75) is 75.8 Å². The predicted molar refractivity (Wildman–Crippen MR) is 90.9 cm³/mol. The maximum absolute atomic E-state index is 12.2.